The van der Waals surface area contributed by atoms with E-state index in [1.54, 1.807) is 41.4 Å². The summed E-state index contributed by atoms with van der Waals surface area (Å²) in [5.41, 5.74) is 1.32. The predicted molar refractivity (Wildman–Crippen MR) is 108 cm³/mol. The van der Waals surface area contributed by atoms with Crippen molar-refractivity contribution >= 4 is 5.91 Å². The Balaban J connectivity index is 1.50. The lowest BCUT2D eigenvalue weighted by atomic mass is 9.86. The van der Waals surface area contributed by atoms with E-state index < -0.39 is 11.4 Å². The zero-order valence-corrected chi connectivity index (χ0v) is 16.0. The van der Waals surface area contributed by atoms with E-state index in [1.807, 2.05) is 18.2 Å². The molecule has 1 fully saturated rings. The van der Waals surface area contributed by atoms with Crippen LogP contribution in [-0.2, 0) is 6.42 Å². The first-order valence-electron chi connectivity index (χ1n) is 9.66. The fourth-order valence-electron chi connectivity index (χ4n) is 3.81. The number of benzene rings is 1. The number of hydrogen-bond donors (Lipinski definition) is 1. The molecule has 1 aliphatic heterocycles. The second kappa shape index (κ2) is 8.09. The standard InChI is InChI=1S/C23H22FN3O2/c24-21-16-25-12-8-19(21)18-6-1-2-7-20(18)22(28)27-13-9-23(29,10-14-27)15-17-5-3-4-11-26-17/h1-8,11-12,16,29H,9-10,13-15H2. The van der Waals surface area contributed by atoms with Gasteiger partial charge in [-0.1, -0.05) is 24.3 Å². The summed E-state index contributed by atoms with van der Waals surface area (Å²) in [4.78, 5) is 23.0. The van der Waals surface area contributed by atoms with Gasteiger partial charge in [-0.3, -0.25) is 14.8 Å². The first-order chi connectivity index (χ1) is 14.1. The molecule has 0 aliphatic carbocycles. The van der Waals surface area contributed by atoms with Crippen LogP contribution in [-0.4, -0.2) is 44.6 Å². The number of halogens is 1. The van der Waals surface area contributed by atoms with Crippen LogP contribution in [0.4, 0.5) is 4.39 Å². The molecule has 1 N–H and O–H groups in total. The lowest BCUT2D eigenvalue weighted by Crippen LogP contribution is -2.48. The minimum Gasteiger partial charge on any atom is -0.389 e. The molecule has 0 saturated carbocycles. The third kappa shape index (κ3) is 4.17. The van der Waals surface area contributed by atoms with E-state index in [-0.39, 0.29) is 5.91 Å². The molecule has 6 heteroatoms. The molecule has 1 aromatic carbocycles. The molecular formula is C23H22FN3O2. The van der Waals surface area contributed by atoms with Crippen LogP contribution >= 0.6 is 0 Å². The fourth-order valence-corrected chi connectivity index (χ4v) is 3.81. The highest BCUT2D eigenvalue weighted by molar-refractivity contribution is 6.01. The van der Waals surface area contributed by atoms with Gasteiger partial charge in [0, 0.05) is 48.7 Å². The van der Waals surface area contributed by atoms with Crippen LogP contribution in [0.1, 0.15) is 28.9 Å². The van der Waals surface area contributed by atoms with Crippen molar-refractivity contribution in [1.82, 2.24) is 14.9 Å². The predicted octanol–water partition coefficient (Wildman–Crippen LogP) is 3.49. The highest BCUT2D eigenvalue weighted by Gasteiger charge is 2.35. The number of carbonyl (C=O) groups excluding carboxylic acids is 1. The van der Waals surface area contributed by atoms with Gasteiger partial charge in [0.05, 0.1) is 11.8 Å². The van der Waals surface area contributed by atoms with Gasteiger partial charge < -0.3 is 10.0 Å². The van der Waals surface area contributed by atoms with E-state index in [4.69, 9.17) is 0 Å². The first-order valence-corrected chi connectivity index (χ1v) is 9.66. The number of amides is 1. The molecule has 0 atom stereocenters. The van der Waals surface area contributed by atoms with Crippen molar-refractivity contribution in [1.29, 1.82) is 0 Å². The molecule has 1 saturated heterocycles. The number of piperidine rings is 1. The number of hydrogen-bond acceptors (Lipinski definition) is 4. The molecule has 3 heterocycles. The Kier molecular flexibility index (Phi) is 5.36. The van der Waals surface area contributed by atoms with Gasteiger partial charge in [0.2, 0.25) is 0 Å². The van der Waals surface area contributed by atoms with Crippen molar-refractivity contribution in [2.24, 2.45) is 0 Å². The van der Waals surface area contributed by atoms with E-state index in [2.05, 4.69) is 9.97 Å². The summed E-state index contributed by atoms with van der Waals surface area (Å²) in [5, 5.41) is 10.9. The van der Waals surface area contributed by atoms with E-state index in [1.165, 1.54) is 6.20 Å². The Morgan fingerprint density at radius 1 is 1.03 bits per heavy atom. The summed E-state index contributed by atoms with van der Waals surface area (Å²) in [6.45, 7) is 0.880. The molecule has 2 aromatic heterocycles. The monoisotopic (exact) mass is 391 g/mol. The van der Waals surface area contributed by atoms with E-state index in [0.717, 1.165) is 11.9 Å². The lowest BCUT2D eigenvalue weighted by molar-refractivity contribution is -0.0168. The van der Waals surface area contributed by atoms with Crippen LogP contribution in [0.2, 0.25) is 0 Å². The van der Waals surface area contributed by atoms with Gasteiger partial charge in [-0.05, 0) is 42.7 Å². The minimum atomic E-state index is -0.873. The van der Waals surface area contributed by atoms with Crippen molar-refractivity contribution in [3.05, 3.63) is 84.2 Å². The maximum absolute atomic E-state index is 14.2. The Bertz CT molecular complexity index is 1000. The molecule has 0 bridgehead atoms. The SMILES string of the molecule is O=C(c1ccccc1-c1ccncc1F)N1CCC(O)(Cc2ccccn2)CC1. The summed E-state index contributed by atoms with van der Waals surface area (Å²) in [6.07, 6.45) is 5.79. The van der Waals surface area contributed by atoms with Crippen LogP contribution in [0.5, 0.6) is 0 Å². The number of carbonyl (C=O) groups is 1. The molecule has 1 amide bonds. The molecule has 0 radical (unpaired) electrons. The van der Waals surface area contributed by atoms with Crippen LogP contribution in [0.15, 0.2) is 67.1 Å². The maximum Gasteiger partial charge on any atom is 0.254 e. The molecule has 4 rings (SSSR count). The Morgan fingerprint density at radius 3 is 2.52 bits per heavy atom. The highest BCUT2D eigenvalue weighted by Crippen LogP contribution is 2.30. The summed E-state index contributed by atoms with van der Waals surface area (Å²) >= 11 is 0. The van der Waals surface area contributed by atoms with Gasteiger partial charge in [0.15, 0.2) is 0 Å². The zero-order chi connectivity index (χ0) is 20.3. The van der Waals surface area contributed by atoms with E-state index in [9.17, 15) is 14.3 Å². The summed E-state index contributed by atoms with van der Waals surface area (Å²) < 4.78 is 14.2. The van der Waals surface area contributed by atoms with Crippen molar-refractivity contribution in [3.8, 4) is 11.1 Å². The number of nitrogens with zero attached hydrogens (tertiary/aromatic N) is 3. The molecule has 5 nitrogen and oxygen atoms in total. The van der Waals surface area contributed by atoms with Crippen LogP contribution in [0.25, 0.3) is 11.1 Å². The first kappa shape index (κ1) is 19.2. The smallest absolute Gasteiger partial charge is 0.254 e. The van der Waals surface area contributed by atoms with E-state index >= 15 is 0 Å². The number of aromatic nitrogens is 2. The van der Waals surface area contributed by atoms with Crippen LogP contribution in [0.3, 0.4) is 0 Å². The van der Waals surface area contributed by atoms with Crippen molar-refractivity contribution in [2.75, 3.05) is 13.1 Å². The minimum absolute atomic E-state index is 0.156. The Hall–Kier alpha value is -3.12. The van der Waals surface area contributed by atoms with Gasteiger partial charge >= 0.3 is 0 Å². The average Bonchev–Trinajstić information content (AvgIpc) is 2.75. The Labute approximate surface area is 168 Å². The van der Waals surface area contributed by atoms with Crippen molar-refractivity contribution in [3.63, 3.8) is 0 Å². The lowest BCUT2D eigenvalue weighted by Gasteiger charge is -2.38. The number of likely N-dealkylation sites (tertiary alicyclic amines) is 1. The number of aliphatic hydroxyl groups is 1. The second-order valence-electron chi connectivity index (χ2n) is 7.42. The zero-order valence-electron chi connectivity index (χ0n) is 16.0. The summed E-state index contributed by atoms with van der Waals surface area (Å²) in [7, 11) is 0. The van der Waals surface area contributed by atoms with Gasteiger partial charge in [-0.25, -0.2) is 4.39 Å². The van der Waals surface area contributed by atoms with Crippen LogP contribution in [0, 0.1) is 5.82 Å². The topological polar surface area (TPSA) is 66.3 Å². The Morgan fingerprint density at radius 2 is 1.79 bits per heavy atom. The number of pyridine rings is 2. The third-order valence-corrected chi connectivity index (χ3v) is 5.44. The maximum atomic E-state index is 14.2. The summed E-state index contributed by atoms with van der Waals surface area (Å²) in [5.74, 6) is -0.618. The average molecular weight is 391 g/mol. The summed E-state index contributed by atoms with van der Waals surface area (Å²) in [6, 6.07) is 14.2. The molecule has 3 aromatic rings. The molecule has 0 spiro atoms. The normalized spacial score (nSPS) is 15.9. The van der Waals surface area contributed by atoms with Gasteiger partial charge in [0.25, 0.3) is 5.91 Å². The molecule has 0 unspecified atom stereocenters. The second-order valence-corrected chi connectivity index (χ2v) is 7.42. The number of rotatable bonds is 4. The van der Waals surface area contributed by atoms with Crippen molar-refractivity contribution < 1.29 is 14.3 Å². The third-order valence-electron chi connectivity index (χ3n) is 5.44. The highest BCUT2D eigenvalue weighted by atomic mass is 19.1. The van der Waals surface area contributed by atoms with Gasteiger partial charge in [0.1, 0.15) is 5.82 Å². The van der Waals surface area contributed by atoms with Gasteiger partial charge in [-0.2, -0.15) is 0 Å². The van der Waals surface area contributed by atoms with Crippen molar-refractivity contribution in [2.45, 2.75) is 24.9 Å². The largest absolute Gasteiger partial charge is 0.389 e. The molecule has 148 valence electrons. The van der Waals surface area contributed by atoms with E-state index in [0.29, 0.717) is 49.0 Å². The molecule has 1 aliphatic rings. The fraction of sp³-hybridized carbons (Fsp3) is 0.261. The molecular weight excluding hydrogens is 369 g/mol. The van der Waals surface area contributed by atoms with Gasteiger partial charge in [-0.15, -0.1) is 0 Å². The van der Waals surface area contributed by atoms with Crippen LogP contribution < -0.4 is 0 Å². The molecule has 29 heavy (non-hydrogen) atoms. The quantitative estimate of drug-likeness (QED) is 0.739.